The van der Waals surface area contributed by atoms with Gasteiger partial charge in [0.15, 0.2) is 5.82 Å². The average Bonchev–Trinajstić information content (AvgIpc) is 2.69. The molecular weight excluding hydrogens is 276 g/mol. The monoisotopic (exact) mass is 302 g/mol. The molecule has 5 nitrogen and oxygen atoms in total. The fourth-order valence-corrected chi connectivity index (χ4v) is 2.61. The number of likely N-dealkylation sites (tertiary alicyclic amines) is 1. The number of hydrogen-bond acceptors (Lipinski definition) is 5. The third-order valence-corrected chi connectivity index (χ3v) is 3.85. The number of nitrogens with two attached hydrogens (primary N) is 1. The molecule has 1 aliphatic rings. The van der Waals surface area contributed by atoms with Gasteiger partial charge in [-0.05, 0) is 17.8 Å². The number of halogens is 1. The molecule has 0 saturated carbocycles. The summed E-state index contributed by atoms with van der Waals surface area (Å²) in [5.74, 6) is 2.09. The van der Waals surface area contributed by atoms with Crippen LogP contribution in [0.15, 0.2) is 4.52 Å². The normalized spacial score (nSPS) is 22.8. The molecule has 20 heavy (non-hydrogen) atoms. The minimum Gasteiger partial charge on any atom is -0.338 e. The number of hydrogen-bond donors (Lipinski definition) is 1. The highest BCUT2D eigenvalue weighted by atomic mass is 35.5. The molecule has 0 aliphatic carbocycles. The van der Waals surface area contributed by atoms with Crippen molar-refractivity contribution in [3.05, 3.63) is 11.7 Å². The Bertz CT molecular complexity index is 419. The molecule has 1 saturated heterocycles. The second kappa shape index (κ2) is 6.87. The molecule has 1 aromatic rings. The molecule has 116 valence electrons. The summed E-state index contributed by atoms with van der Waals surface area (Å²) in [7, 11) is 0. The molecule has 2 rings (SSSR count). The van der Waals surface area contributed by atoms with Crippen LogP contribution in [0.3, 0.4) is 0 Å². The zero-order valence-electron chi connectivity index (χ0n) is 12.9. The second-order valence-electron chi connectivity index (χ2n) is 6.80. The zero-order valence-corrected chi connectivity index (χ0v) is 13.7. The first-order valence-corrected chi connectivity index (χ1v) is 7.16. The van der Waals surface area contributed by atoms with Crippen molar-refractivity contribution in [2.45, 2.75) is 53.1 Å². The van der Waals surface area contributed by atoms with Gasteiger partial charge in [-0.15, -0.1) is 12.4 Å². The molecule has 2 heterocycles. The summed E-state index contributed by atoms with van der Waals surface area (Å²) in [5.41, 5.74) is 6.30. The van der Waals surface area contributed by atoms with Gasteiger partial charge in [-0.25, -0.2) is 0 Å². The number of rotatable bonds is 4. The van der Waals surface area contributed by atoms with Crippen molar-refractivity contribution in [2.75, 3.05) is 13.1 Å². The molecule has 1 unspecified atom stereocenters. The Morgan fingerprint density at radius 2 is 2.15 bits per heavy atom. The van der Waals surface area contributed by atoms with Crippen molar-refractivity contribution < 1.29 is 4.52 Å². The Kier molecular flexibility index (Phi) is 5.98. The van der Waals surface area contributed by atoms with Crippen molar-refractivity contribution in [3.63, 3.8) is 0 Å². The minimum atomic E-state index is 0. The number of aromatic nitrogens is 2. The molecular formula is C14H27ClN4O. The highest BCUT2D eigenvalue weighted by Gasteiger charge is 2.33. The summed E-state index contributed by atoms with van der Waals surface area (Å²) < 4.78 is 5.33. The van der Waals surface area contributed by atoms with E-state index in [1.807, 2.05) is 0 Å². The molecule has 0 bridgehead atoms. The van der Waals surface area contributed by atoms with E-state index >= 15 is 0 Å². The molecule has 1 aromatic heterocycles. The van der Waals surface area contributed by atoms with E-state index in [2.05, 4.69) is 42.7 Å². The van der Waals surface area contributed by atoms with E-state index in [0.29, 0.717) is 5.92 Å². The standard InChI is InChI=1S/C14H26N4O.ClH/c1-10(2)7-12-16-13(19-17-12)8-18-6-5-11(15)14(3,4)9-18;/h10-11H,5-9,15H2,1-4H3;1H. The van der Waals surface area contributed by atoms with Crippen molar-refractivity contribution in [1.29, 1.82) is 0 Å². The lowest BCUT2D eigenvalue weighted by molar-refractivity contribution is 0.0811. The van der Waals surface area contributed by atoms with Gasteiger partial charge in [0, 0.05) is 25.6 Å². The van der Waals surface area contributed by atoms with Gasteiger partial charge >= 0.3 is 0 Å². The Hall–Kier alpha value is -0.650. The van der Waals surface area contributed by atoms with Crippen LogP contribution < -0.4 is 5.73 Å². The molecule has 0 radical (unpaired) electrons. The van der Waals surface area contributed by atoms with Crippen LogP contribution in [0.5, 0.6) is 0 Å². The largest absolute Gasteiger partial charge is 0.338 e. The van der Waals surface area contributed by atoms with Crippen LogP contribution in [0, 0.1) is 11.3 Å². The number of nitrogens with zero attached hydrogens (tertiary/aromatic N) is 3. The predicted molar refractivity (Wildman–Crippen MR) is 81.7 cm³/mol. The van der Waals surface area contributed by atoms with Crippen molar-refractivity contribution in [1.82, 2.24) is 15.0 Å². The van der Waals surface area contributed by atoms with Crippen molar-refractivity contribution in [3.8, 4) is 0 Å². The summed E-state index contributed by atoms with van der Waals surface area (Å²) in [4.78, 5) is 6.82. The van der Waals surface area contributed by atoms with Crippen LogP contribution in [-0.2, 0) is 13.0 Å². The van der Waals surface area contributed by atoms with Gasteiger partial charge in [0.1, 0.15) is 0 Å². The van der Waals surface area contributed by atoms with E-state index < -0.39 is 0 Å². The van der Waals surface area contributed by atoms with Crippen LogP contribution in [0.2, 0.25) is 0 Å². The summed E-state index contributed by atoms with van der Waals surface area (Å²) in [6.45, 7) is 11.5. The first-order valence-electron chi connectivity index (χ1n) is 7.16. The van der Waals surface area contributed by atoms with Crippen LogP contribution in [0.1, 0.15) is 45.8 Å². The van der Waals surface area contributed by atoms with Crippen molar-refractivity contribution >= 4 is 12.4 Å². The Balaban J connectivity index is 0.00000200. The molecule has 0 spiro atoms. The van der Waals surface area contributed by atoms with Gasteiger partial charge < -0.3 is 10.3 Å². The molecule has 6 heteroatoms. The summed E-state index contributed by atoms with van der Waals surface area (Å²) in [5, 5.41) is 4.04. The molecule has 0 aromatic carbocycles. The van der Waals surface area contributed by atoms with E-state index in [9.17, 15) is 0 Å². The van der Waals surface area contributed by atoms with E-state index in [-0.39, 0.29) is 23.9 Å². The van der Waals surface area contributed by atoms with Gasteiger partial charge in [-0.2, -0.15) is 4.98 Å². The Morgan fingerprint density at radius 1 is 1.45 bits per heavy atom. The van der Waals surface area contributed by atoms with Crippen LogP contribution in [0.25, 0.3) is 0 Å². The Labute approximate surface area is 127 Å². The quantitative estimate of drug-likeness (QED) is 0.924. The lowest BCUT2D eigenvalue weighted by Gasteiger charge is -2.42. The minimum absolute atomic E-state index is 0. The molecule has 0 amide bonds. The van der Waals surface area contributed by atoms with Gasteiger partial charge in [-0.1, -0.05) is 32.9 Å². The molecule has 1 fully saturated rings. The maximum absolute atomic E-state index is 6.15. The third-order valence-electron chi connectivity index (χ3n) is 3.85. The van der Waals surface area contributed by atoms with E-state index in [4.69, 9.17) is 10.3 Å². The fraction of sp³-hybridized carbons (Fsp3) is 0.857. The number of piperidine rings is 1. The van der Waals surface area contributed by atoms with Gasteiger partial charge in [0.2, 0.25) is 5.89 Å². The molecule has 2 N–H and O–H groups in total. The zero-order chi connectivity index (χ0) is 14.0. The average molecular weight is 303 g/mol. The first kappa shape index (κ1) is 17.4. The van der Waals surface area contributed by atoms with Gasteiger partial charge in [-0.3, -0.25) is 4.90 Å². The summed E-state index contributed by atoms with van der Waals surface area (Å²) >= 11 is 0. The van der Waals surface area contributed by atoms with Crippen LogP contribution >= 0.6 is 12.4 Å². The van der Waals surface area contributed by atoms with Crippen LogP contribution in [-0.4, -0.2) is 34.2 Å². The van der Waals surface area contributed by atoms with Crippen molar-refractivity contribution in [2.24, 2.45) is 17.1 Å². The highest BCUT2D eigenvalue weighted by Crippen LogP contribution is 2.28. The lowest BCUT2D eigenvalue weighted by Crippen LogP contribution is -2.52. The van der Waals surface area contributed by atoms with Gasteiger partial charge in [0.25, 0.3) is 0 Å². The molecule has 1 aliphatic heterocycles. The SMILES string of the molecule is CC(C)Cc1noc(CN2CCC(N)C(C)(C)C2)n1.Cl. The lowest BCUT2D eigenvalue weighted by atomic mass is 9.80. The highest BCUT2D eigenvalue weighted by molar-refractivity contribution is 5.85. The molecule has 1 atom stereocenters. The van der Waals surface area contributed by atoms with E-state index in [0.717, 1.165) is 44.2 Å². The van der Waals surface area contributed by atoms with E-state index in [1.54, 1.807) is 0 Å². The third kappa shape index (κ3) is 4.43. The maximum Gasteiger partial charge on any atom is 0.240 e. The van der Waals surface area contributed by atoms with Crippen LogP contribution in [0.4, 0.5) is 0 Å². The fourth-order valence-electron chi connectivity index (χ4n) is 2.61. The van der Waals surface area contributed by atoms with Gasteiger partial charge in [0.05, 0.1) is 6.54 Å². The smallest absolute Gasteiger partial charge is 0.240 e. The Morgan fingerprint density at radius 3 is 2.75 bits per heavy atom. The topological polar surface area (TPSA) is 68.2 Å². The maximum atomic E-state index is 6.15. The summed E-state index contributed by atoms with van der Waals surface area (Å²) in [6, 6.07) is 0.280. The predicted octanol–water partition coefficient (Wildman–Crippen LogP) is 2.25. The first-order chi connectivity index (χ1) is 8.87. The second-order valence-corrected chi connectivity index (χ2v) is 6.80. The summed E-state index contributed by atoms with van der Waals surface area (Å²) in [6.07, 6.45) is 1.90. The van der Waals surface area contributed by atoms with E-state index in [1.165, 1.54) is 0 Å².